The fourth-order valence-electron chi connectivity index (χ4n) is 2.67. The number of nitriles is 1. The van der Waals surface area contributed by atoms with E-state index in [9.17, 15) is 9.59 Å². The Balaban J connectivity index is 2.53. The van der Waals surface area contributed by atoms with Crippen molar-refractivity contribution in [2.45, 2.75) is 51.5 Å². The second-order valence-corrected chi connectivity index (χ2v) is 5.37. The first-order valence-corrected chi connectivity index (χ1v) is 7.69. The van der Waals surface area contributed by atoms with Crippen LogP contribution in [0.15, 0.2) is 0 Å². The van der Waals surface area contributed by atoms with Crippen LogP contribution in [0.3, 0.4) is 0 Å². The third-order valence-electron chi connectivity index (χ3n) is 3.72. The van der Waals surface area contributed by atoms with Gasteiger partial charge in [0.15, 0.2) is 0 Å². The van der Waals surface area contributed by atoms with Crippen LogP contribution in [0.4, 0.5) is 0 Å². The van der Waals surface area contributed by atoms with E-state index in [4.69, 9.17) is 10.00 Å². The molecule has 0 saturated heterocycles. The van der Waals surface area contributed by atoms with Crippen molar-refractivity contribution in [1.29, 1.82) is 5.26 Å². The van der Waals surface area contributed by atoms with Gasteiger partial charge in [0.1, 0.15) is 19.2 Å². The van der Waals surface area contributed by atoms with Crippen LogP contribution in [0.1, 0.15) is 45.4 Å². The summed E-state index contributed by atoms with van der Waals surface area (Å²) in [5.74, 6) is -0.110. The zero-order valence-corrected chi connectivity index (χ0v) is 12.7. The van der Waals surface area contributed by atoms with Gasteiger partial charge in [-0.1, -0.05) is 32.1 Å². The maximum atomic E-state index is 12.1. The average molecular weight is 295 g/mol. The Labute approximate surface area is 126 Å². The largest absolute Gasteiger partial charge is 0.372 e. The fourth-order valence-corrected chi connectivity index (χ4v) is 2.67. The molecule has 6 heteroatoms. The third kappa shape index (κ3) is 7.09. The summed E-state index contributed by atoms with van der Waals surface area (Å²) in [5.41, 5.74) is 0. The van der Waals surface area contributed by atoms with Crippen LogP contribution < -0.4 is 10.6 Å². The highest BCUT2D eigenvalue weighted by atomic mass is 16.5. The molecule has 1 saturated carbocycles. The predicted molar refractivity (Wildman–Crippen MR) is 78.2 cm³/mol. The molecular weight excluding hydrogens is 270 g/mol. The third-order valence-corrected chi connectivity index (χ3v) is 3.72. The van der Waals surface area contributed by atoms with Gasteiger partial charge in [-0.3, -0.25) is 9.59 Å². The van der Waals surface area contributed by atoms with Crippen molar-refractivity contribution in [2.24, 2.45) is 5.92 Å². The Bertz CT molecular complexity index is 373. The van der Waals surface area contributed by atoms with E-state index in [1.54, 1.807) is 0 Å². The molecule has 2 amide bonds. The quantitative estimate of drug-likeness (QED) is 0.656. The number of nitrogens with one attached hydrogen (secondary N) is 2. The molecule has 0 spiro atoms. The van der Waals surface area contributed by atoms with Gasteiger partial charge in [-0.15, -0.1) is 0 Å². The van der Waals surface area contributed by atoms with E-state index in [2.05, 4.69) is 10.6 Å². The maximum absolute atomic E-state index is 12.1. The van der Waals surface area contributed by atoms with Crippen LogP contribution in [0.2, 0.25) is 0 Å². The zero-order chi connectivity index (χ0) is 15.5. The molecule has 1 aliphatic carbocycles. The first-order valence-electron chi connectivity index (χ1n) is 7.69. The molecule has 1 rings (SSSR count). The molecule has 1 aliphatic rings. The number of hydrogen-bond acceptors (Lipinski definition) is 4. The normalized spacial score (nSPS) is 16.8. The minimum atomic E-state index is -0.575. The maximum Gasteiger partial charge on any atom is 0.246 e. The Morgan fingerprint density at radius 2 is 2.05 bits per heavy atom. The lowest BCUT2D eigenvalue weighted by Crippen LogP contribution is -2.48. The Morgan fingerprint density at radius 3 is 2.67 bits per heavy atom. The summed E-state index contributed by atoms with van der Waals surface area (Å²) >= 11 is 0. The van der Waals surface area contributed by atoms with Gasteiger partial charge >= 0.3 is 0 Å². The van der Waals surface area contributed by atoms with Crippen molar-refractivity contribution in [2.75, 3.05) is 19.8 Å². The number of amides is 2. The van der Waals surface area contributed by atoms with Crippen LogP contribution in [0.5, 0.6) is 0 Å². The lowest BCUT2D eigenvalue weighted by atomic mass is 9.84. The van der Waals surface area contributed by atoms with Crippen LogP contribution in [-0.2, 0) is 14.3 Å². The summed E-state index contributed by atoms with van der Waals surface area (Å²) in [4.78, 5) is 23.8. The van der Waals surface area contributed by atoms with Crippen LogP contribution in [0, 0.1) is 17.2 Å². The van der Waals surface area contributed by atoms with Gasteiger partial charge in [-0.25, -0.2) is 0 Å². The summed E-state index contributed by atoms with van der Waals surface area (Å²) in [6.07, 6.45) is 6.45. The lowest BCUT2D eigenvalue weighted by molar-refractivity contribution is -0.131. The molecule has 1 unspecified atom stereocenters. The van der Waals surface area contributed by atoms with Gasteiger partial charge in [0, 0.05) is 6.61 Å². The van der Waals surface area contributed by atoms with E-state index in [0.29, 0.717) is 18.9 Å². The van der Waals surface area contributed by atoms with Crippen LogP contribution in [-0.4, -0.2) is 37.6 Å². The van der Waals surface area contributed by atoms with Crippen molar-refractivity contribution in [3.63, 3.8) is 0 Å². The van der Waals surface area contributed by atoms with Gasteiger partial charge in [0.05, 0.1) is 6.07 Å². The van der Waals surface area contributed by atoms with Crippen molar-refractivity contribution in [3.05, 3.63) is 0 Å². The van der Waals surface area contributed by atoms with Crippen molar-refractivity contribution < 1.29 is 14.3 Å². The molecular formula is C15H25N3O3. The van der Waals surface area contributed by atoms with E-state index >= 15 is 0 Å². The van der Waals surface area contributed by atoms with E-state index in [0.717, 1.165) is 12.8 Å². The lowest BCUT2D eigenvalue weighted by Gasteiger charge is -2.26. The number of ether oxygens (including phenoxy) is 1. The van der Waals surface area contributed by atoms with E-state index in [-0.39, 0.29) is 25.0 Å². The van der Waals surface area contributed by atoms with Gasteiger partial charge in [-0.05, 0) is 19.3 Å². The first-order chi connectivity index (χ1) is 10.2. The van der Waals surface area contributed by atoms with Crippen LogP contribution >= 0.6 is 0 Å². The highest BCUT2D eigenvalue weighted by Gasteiger charge is 2.25. The predicted octanol–water partition coefficient (Wildman–Crippen LogP) is 1.12. The molecule has 0 aliphatic heterocycles. The number of hydrogen-bond donors (Lipinski definition) is 2. The summed E-state index contributed by atoms with van der Waals surface area (Å²) in [5, 5.41) is 13.8. The van der Waals surface area contributed by atoms with E-state index in [1.165, 1.54) is 19.3 Å². The molecule has 21 heavy (non-hydrogen) atoms. The minimum Gasteiger partial charge on any atom is -0.372 e. The Kier molecular flexibility index (Phi) is 8.44. The van der Waals surface area contributed by atoms with E-state index in [1.807, 2.05) is 13.0 Å². The smallest absolute Gasteiger partial charge is 0.246 e. The molecule has 0 radical (unpaired) electrons. The number of rotatable bonds is 8. The summed E-state index contributed by atoms with van der Waals surface area (Å²) < 4.78 is 5.05. The average Bonchev–Trinajstić information content (AvgIpc) is 2.51. The molecule has 0 aromatic rings. The summed E-state index contributed by atoms with van der Waals surface area (Å²) in [6.45, 7) is 2.19. The van der Waals surface area contributed by atoms with Crippen LogP contribution in [0.25, 0.3) is 0 Å². The molecule has 0 aromatic carbocycles. The standard InChI is InChI=1S/C15H25N3O3/c1-2-21-11-14(19)18-13(15(20)17-9-8-16)10-12-6-4-3-5-7-12/h12-13H,2-7,9-11H2,1H3,(H,17,20)(H,18,19). The fraction of sp³-hybridized carbons (Fsp3) is 0.800. The van der Waals surface area contributed by atoms with Gasteiger partial charge in [-0.2, -0.15) is 5.26 Å². The summed E-state index contributed by atoms with van der Waals surface area (Å²) in [7, 11) is 0. The number of nitrogens with zero attached hydrogens (tertiary/aromatic N) is 1. The zero-order valence-electron chi connectivity index (χ0n) is 12.7. The second-order valence-electron chi connectivity index (χ2n) is 5.37. The Morgan fingerprint density at radius 1 is 1.33 bits per heavy atom. The minimum absolute atomic E-state index is 0.0385. The number of carbonyl (C=O) groups is 2. The van der Waals surface area contributed by atoms with Crippen molar-refractivity contribution >= 4 is 11.8 Å². The monoisotopic (exact) mass is 295 g/mol. The van der Waals surface area contributed by atoms with Gasteiger partial charge in [0.2, 0.25) is 11.8 Å². The highest BCUT2D eigenvalue weighted by molar-refractivity contribution is 5.88. The van der Waals surface area contributed by atoms with Crippen molar-refractivity contribution in [1.82, 2.24) is 10.6 Å². The molecule has 1 atom stereocenters. The SMILES string of the molecule is CCOCC(=O)NC(CC1CCCCC1)C(=O)NCC#N. The molecule has 0 bridgehead atoms. The molecule has 118 valence electrons. The second kappa shape index (κ2) is 10.2. The summed E-state index contributed by atoms with van der Waals surface area (Å²) in [6, 6.07) is 1.30. The molecule has 6 nitrogen and oxygen atoms in total. The number of carbonyl (C=O) groups excluding carboxylic acids is 2. The van der Waals surface area contributed by atoms with Crippen molar-refractivity contribution in [3.8, 4) is 6.07 Å². The molecule has 0 aromatic heterocycles. The van der Waals surface area contributed by atoms with E-state index < -0.39 is 6.04 Å². The highest BCUT2D eigenvalue weighted by Crippen LogP contribution is 2.27. The molecule has 1 fully saturated rings. The first kappa shape index (κ1) is 17.4. The van der Waals surface area contributed by atoms with Gasteiger partial charge in [0.25, 0.3) is 0 Å². The van der Waals surface area contributed by atoms with Gasteiger partial charge < -0.3 is 15.4 Å². The topological polar surface area (TPSA) is 91.2 Å². The molecule has 0 heterocycles. The Hall–Kier alpha value is -1.61. The molecule has 2 N–H and O–H groups in total.